The minimum Gasteiger partial charge on any atom is -0.490 e. The molecule has 1 aromatic rings. The molecule has 3 nitrogen and oxygen atoms in total. The Morgan fingerprint density at radius 3 is 2.79 bits per heavy atom. The molecule has 1 aromatic carbocycles. The van der Waals surface area contributed by atoms with Gasteiger partial charge < -0.3 is 9.84 Å². The number of carboxylic acid groups (broad SMARTS) is 1. The molecule has 1 fully saturated rings. The third-order valence-corrected chi connectivity index (χ3v) is 4.63. The van der Waals surface area contributed by atoms with Crippen LogP contribution in [0.15, 0.2) is 18.2 Å². The fourth-order valence-electron chi connectivity index (χ4n) is 3.41. The van der Waals surface area contributed by atoms with Crippen LogP contribution in [0.1, 0.15) is 50.2 Å². The number of ether oxygens (including phenoxy) is 1. The zero-order valence-electron chi connectivity index (χ0n) is 11.3. The molecule has 0 saturated heterocycles. The van der Waals surface area contributed by atoms with Gasteiger partial charge in [-0.25, -0.2) is 0 Å². The molecular formula is C16H20O3. The van der Waals surface area contributed by atoms with Crippen LogP contribution in [-0.4, -0.2) is 17.2 Å². The van der Waals surface area contributed by atoms with Crippen molar-refractivity contribution in [1.82, 2.24) is 0 Å². The third-order valence-electron chi connectivity index (χ3n) is 4.63. The standard InChI is InChI=1S/C16H20O3/c1-11-4-5-12-6-7-13(10-14(12)19-11)16(15(17)18)8-2-3-9-16/h6-7,10-11H,2-5,8-9H2,1H3,(H,17,18). The van der Waals surface area contributed by atoms with Crippen molar-refractivity contribution in [3.05, 3.63) is 29.3 Å². The SMILES string of the molecule is CC1CCc2ccc(C3(C(=O)O)CCCC3)cc2O1. The average Bonchev–Trinajstić information content (AvgIpc) is 2.88. The molecule has 0 radical (unpaired) electrons. The summed E-state index contributed by atoms with van der Waals surface area (Å²) in [4.78, 5) is 11.7. The summed E-state index contributed by atoms with van der Waals surface area (Å²) in [6, 6.07) is 6.03. The van der Waals surface area contributed by atoms with E-state index in [9.17, 15) is 9.90 Å². The van der Waals surface area contributed by atoms with Crippen LogP contribution < -0.4 is 4.74 Å². The predicted molar refractivity (Wildman–Crippen MR) is 72.6 cm³/mol. The Bertz CT molecular complexity index is 501. The van der Waals surface area contributed by atoms with Gasteiger partial charge in [0, 0.05) is 0 Å². The quantitative estimate of drug-likeness (QED) is 0.887. The van der Waals surface area contributed by atoms with E-state index < -0.39 is 11.4 Å². The molecule has 1 unspecified atom stereocenters. The van der Waals surface area contributed by atoms with Crippen molar-refractivity contribution >= 4 is 5.97 Å². The highest BCUT2D eigenvalue weighted by Crippen LogP contribution is 2.43. The maximum absolute atomic E-state index is 11.7. The number of hydrogen-bond acceptors (Lipinski definition) is 2. The molecule has 1 aliphatic carbocycles. The zero-order chi connectivity index (χ0) is 13.5. The molecule has 1 aliphatic heterocycles. The first-order chi connectivity index (χ1) is 9.12. The lowest BCUT2D eigenvalue weighted by Crippen LogP contribution is -2.33. The van der Waals surface area contributed by atoms with Crippen molar-refractivity contribution < 1.29 is 14.6 Å². The van der Waals surface area contributed by atoms with Gasteiger partial charge in [-0.3, -0.25) is 4.79 Å². The zero-order valence-corrected chi connectivity index (χ0v) is 11.3. The second kappa shape index (κ2) is 4.55. The van der Waals surface area contributed by atoms with E-state index in [-0.39, 0.29) is 6.10 Å². The van der Waals surface area contributed by atoms with Gasteiger partial charge in [0.15, 0.2) is 0 Å². The molecule has 102 valence electrons. The lowest BCUT2D eigenvalue weighted by molar-refractivity contribution is -0.143. The van der Waals surface area contributed by atoms with Crippen molar-refractivity contribution in [2.75, 3.05) is 0 Å². The Balaban J connectivity index is 2.01. The Kier molecular flexibility index (Phi) is 3.00. The molecule has 1 saturated carbocycles. The molecule has 0 amide bonds. The molecule has 1 N–H and O–H groups in total. The van der Waals surface area contributed by atoms with Crippen molar-refractivity contribution in [1.29, 1.82) is 0 Å². The highest BCUT2D eigenvalue weighted by atomic mass is 16.5. The van der Waals surface area contributed by atoms with Crippen LogP contribution >= 0.6 is 0 Å². The summed E-state index contributed by atoms with van der Waals surface area (Å²) >= 11 is 0. The van der Waals surface area contributed by atoms with Crippen molar-refractivity contribution in [2.24, 2.45) is 0 Å². The number of fused-ring (bicyclic) bond motifs is 1. The van der Waals surface area contributed by atoms with Gasteiger partial charge in [0.25, 0.3) is 0 Å². The fraction of sp³-hybridized carbons (Fsp3) is 0.562. The third kappa shape index (κ3) is 2.01. The molecule has 1 heterocycles. The number of hydrogen-bond donors (Lipinski definition) is 1. The normalized spacial score (nSPS) is 24.6. The highest BCUT2D eigenvalue weighted by molar-refractivity contribution is 5.82. The Labute approximate surface area is 113 Å². The van der Waals surface area contributed by atoms with Crippen molar-refractivity contribution in [3.63, 3.8) is 0 Å². The molecule has 3 rings (SSSR count). The van der Waals surface area contributed by atoms with Gasteiger partial charge in [-0.1, -0.05) is 25.0 Å². The molecule has 2 aliphatic rings. The van der Waals surface area contributed by atoms with Crippen LogP contribution in [-0.2, 0) is 16.6 Å². The van der Waals surface area contributed by atoms with E-state index in [4.69, 9.17) is 4.74 Å². The summed E-state index contributed by atoms with van der Waals surface area (Å²) in [6.45, 7) is 2.07. The Morgan fingerprint density at radius 1 is 1.37 bits per heavy atom. The highest BCUT2D eigenvalue weighted by Gasteiger charge is 2.43. The summed E-state index contributed by atoms with van der Waals surface area (Å²) in [5.41, 5.74) is 1.45. The second-order valence-corrected chi connectivity index (χ2v) is 5.88. The number of carboxylic acids is 1. The van der Waals surface area contributed by atoms with Gasteiger partial charge in [0.2, 0.25) is 0 Å². The van der Waals surface area contributed by atoms with E-state index in [2.05, 4.69) is 13.0 Å². The molecule has 3 heteroatoms. The van der Waals surface area contributed by atoms with E-state index >= 15 is 0 Å². The summed E-state index contributed by atoms with van der Waals surface area (Å²) in [5.74, 6) is 0.206. The summed E-state index contributed by atoms with van der Waals surface area (Å²) in [6.07, 6.45) is 5.79. The van der Waals surface area contributed by atoms with Crippen LogP contribution in [0.25, 0.3) is 0 Å². The first-order valence-electron chi connectivity index (χ1n) is 7.15. The van der Waals surface area contributed by atoms with Crippen molar-refractivity contribution in [3.8, 4) is 5.75 Å². The fourth-order valence-corrected chi connectivity index (χ4v) is 3.41. The number of aliphatic carboxylic acids is 1. The average molecular weight is 260 g/mol. The van der Waals surface area contributed by atoms with Crippen LogP contribution in [0, 0.1) is 0 Å². The van der Waals surface area contributed by atoms with E-state index in [1.807, 2.05) is 12.1 Å². The molecule has 1 atom stereocenters. The largest absolute Gasteiger partial charge is 0.490 e. The number of carbonyl (C=O) groups is 1. The van der Waals surface area contributed by atoms with E-state index in [1.54, 1.807) is 0 Å². The van der Waals surface area contributed by atoms with Crippen LogP contribution in [0.4, 0.5) is 0 Å². The molecule has 0 spiro atoms. The maximum Gasteiger partial charge on any atom is 0.314 e. The molecule has 0 aromatic heterocycles. The first kappa shape index (κ1) is 12.5. The van der Waals surface area contributed by atoms with Gasteiger partial charge in [0.1, 0.15) is 5.75 Å². The van der Waals surface area contributed by atoms with E-state index in [0.29, 0.717) is 0 Å². The predicted octanol–water partition coefficient (Wildman–Crippen LogP) is 3.30. The molecule has 19 heavy (non-hydrogen) atoms. The lowest BCUT2D eigenvalue weighted by Gasteiger charge is -2.28. The minimum atomic E-state index is -0.686. The van der Waals surface area contributed by atoms with Crippen LogP contribution in [0.5, 0.6) is 5.75 Å². The van der Waals surface area contributed by atoms with Crippen molar-refractivity contribution in [2.45, 2.75) is 57.0 Å². The molecular weight excluding hydrogens is 240 g/mol. The maximum atomic E-state index is 11.7. The van der Waals surface area contributed by atoms with Gasteiger partial charge >= 0.3 is 5.97 Å². The smallest absolute Gasteiger partial charge is 0.314 e. The lowest BCUT2D eigenvalue weighted by atomic mass is 9.78. The van der Waals surface area contributed by atoms with Gasteiger partial charge in [0.05, 0.1) is 11.5 Å². The van der Waals surface area contributed by atoms with Gasteiger partial charge in [-0.05, 0) is 49.8 Å². The monoisotopic (exact) mass is 260 g/mol. The summed E-state index contributed by atoms with van der Waals surface area (Å²) in [5, 5.41) is 9.63. The Hall–Kier alpha value is -1.51. The first-order valence-corrected chi connectivity index (χ1v) is 7.15. The van der Waals surface area contributed by atoms with Crippen LogP contribution in [0.3, 0.4) is 0 Å². The van der Waals surface area contributed by atoms with E-state index in [0.717, 1.165) is 49.8 Å². The summed E-state index contributed by atoms with van der Waals surface area (Å²) < 4.78 is 5.86. The van der Waals surface area contributed by atoms with Crippen LogP contribution in [0.2, 0.25) is 0 Å². The van der Waals surface area contributed by atoms with Gasteiger partial charge in [-0.15, -0.1) is 0 Å². The Morgan fingerprint density at radius 2 is 2.11 bits per heavy atom. The van der Waals surface area contributed by atoms with E-state index in [1.165, 1.54) is 5.56 Å². The second-order valence-electron chi connectivity index (χ2n) is 5.88. The number of rotatable bonds is 2. The minimum absolute atomic E-state index is 0.229. The molecule has 0 bridgehead atoms. The number of aryl methyl sites for hydroxylation is 1. The number of benzene rings is 1. The summed E-state index contributed by atoms with van der Waals surface area (Å²) in [7, 11) is 0. The van der Waals surface area contributed by atoms with Gasteiger partial charge in [-0.2, -0.15) is 0 Å². The topological polar surface area (TPSA) is 46.5 Å².